The van der Waals surface area contributed by atoms with Gasteiger partial charge in [0.05, 0.1) is 11.8 Å². The summed E-state index contributed by atoms with van der Waals surface area (Å²) >= 11 is 0. The van der Waals surface area contributed by atoms with Crippen LogP contribution in [0.5, 0.6) is 0 Å². The van der Waals surface area contributed by atoms with Crippen molar-refractivity contribution in [2.24, 2.45) is 0 Å². The molecule has 0 unspecified atom stereocenters. The highest BCUT2D eigenvalue weighted by Crippen LogP contribution is 2.02. The Morgan fingerprint density at radius 3 is 3.00 bits per heavy atom. The van der Waals surface area contributed by atoms with Crippen molar-refractivity contribution >= 4 is 5.91 Å². The molecule has 1 amide bonds. The van der Waals surface area contributed by atoms with E-state index in [9.17, 15) is 4.79 Å². The maximum absolute atomic E-state index is 11.7. The zero-order chi connectivity index (χ0) is 12.1. The van der Waals surface area contributed by atoms with Crippen LogP contribution in [0.3, 0.4) is 0 Å². The van der Waals surface area contributed by atoms with Gasteiger partial charge in [-0.05, 0) is 25.0 Å². The lowest BCUT2D eigenvalue weighted by molar-refractivity contribution is 0.0953. The van der Waals surface area contributed by atoms with E-state index in [0.29, 0.717) is 12.1 Å². The number of carbonyl (C=O) groups is 1. The molecule has 5 heteroatoms. The quantitative estimate of drug-likeness (QED) is 0.825. The summed E-state index contributed by atoms with van der Waals surface area (Å²) < 4.78 is 0. The third-order valence-corrected chi connectivity index (χ3v) is 2.50. The molecule has 0 radical (unpaired) electrons. The summed E-state index contributed by atoms with van der Waals surface area (Å²) in [6.45, 7) is 2.41. The minimum absolute atomic E-state index is 0.0971. The van der Waals surface area contributed by atoms with Crippen molar-refractivity contribution in [3.05, 3.63) is 47.5 Å². The van der Waals surface area contributed by atoms with Gasteiger partial charge in [-0.2, -0.15) is 5.10 Å². The highest BCUT2D eigenvalue weighted by atomic mass is 16.1. The van der Waals surface area contributed by atoms with Gasteiger partial charge in [-0.1, -0.05) is 6.07 Å². The molecule has 0 saturated heterocycles. The number of hydrogen-bond acceptors (Lipinski definition) is 3. The van der Waals surface area contributed by atoms with Crippen LogP contribution in [0.15, 0.2) is 30.7 Å². The van der Waals surface area contributed by atoms with Crippen molar-refractivity contribution in [1.82, 2.24) is 20.5 Å². The largest absolute Gasteiger partial charge is 0.352 e. The number of aryl methyl sites for hydroxylation is 1. The molecule has 0 aliphatic carbocycles. The van der Waals surface area contributed by atoms with E-state index in [1.807, 2.05) is 19.1 Å². The van der Waals surface area contributed by atoms with Crippen LogP contribution in [0.2, 0.25) is 0 Å². The third-order valence-electron chi connectivity index (χ3n) is 2.50. The van der Waals surface area contributed by atoms with E-state index >= 15 is 0 Å². The van der Waals surface area contributed by atoms with Gasteiger partial charge in [0, 0.05) is 24.6 Å². The number of nitrogens with one attached hydrogen (secondary N) is 2. The summed E-state index contributed by atoms with van der Waals surface area (Å²) in [5, 5.41) is 9.40. The van der Waals surface area contributed by atoms with Gasteiger partial charge in [-0.3, -0.25) is 14.9 Å². The molecule has 2 aromatic heterocycles. The Balaban J connectivity index is 1.84. The predicted octanol–water partition coefficient (Wildman–Crippen LogP) is 1.09. The van der Waals surface area contributed by atoms with Crippen LogP contribution < -0.4 is 5.32 Å². The normalized spacial score (nSPS) is 10.2. The van der Waals surface area contributed by atoms with Gasteiger partial charge in [0.25, 0.3) is 5.91 Å². The first-order chi connectivity index (χ1) is 8.27. The Bertz CT molecular complexity index is 492. The number of nitrogens with zero attached hydrogens (tertiary/aromatic N) is 2. The van der Waals surface area contributed by atoms with Gasteiger partial charge in [-0.15, -0.1) is 0 Å². The molecule has 88 valence electrons. The Morgan fingerprint density at radius 2 is 2.35 bits per heavy atom. The van der Waals surface area contributed by atoms with E-state index in [1.54, 1.807) is 12.4 Å². The fourth-order valence-electron chi connectivity index (χ4n) is 1.54. The average molecular weight is 230 g/mol. The number of amides is 1. The molecule has 17 heavy (non-hydrogen) atoms. The third kappa shape index (κ3) is 2.90. The molecule has 0 bridgehead atoms. The molecule has 0 aromatic carbocycles. The summed E-state index contributed by atoms with van der Waals surface area (Å²) in [4.78, 5) is 15.7. The van der Waals surface area contributed by atoms with E-state index < -0.39 is 0 Å². The molecule has 0 fully saturated rings. The molecule has 2 heterocycles. The molecule has 2 aromatic rings. The van der Waals surface area contributed by atoms with Gasteiger partial charge < -0.3 is 5.32 Å². The second-order valence-corrected chi connectivity index (χ2v) is 3.78. The number of H-pyrrole nitrogens is 1. The molecule has 5 nitrogen and oxygen atoms in total. The maximum Gasteiger partial charge on any atom is 0.254 e. The van der Waals surface area contributed by atoms with Crippen LogP contribution >= 0.6 is 0 Å². The van der Waals surface area contributed by atoms with E-state index in [1.165, 1.54) is 6.20 Å². The van der Waals surface area contributed by atoms with Gasteiger partial charge in [0.2, 0.25) is 0 Å². The SMILES string of the molecule is Cc1[nH]ncc1C(=O)NCCc1cccnc1. The maximum atomic E-state index is 11.7. The second kappa shape index (κ2) is 5.25. The Labute approximate surface area is 99.3 Å². The summed E-state index contributed by atoms with van der Waals surface area (Å²) in [5.74, 6) is -0.0971. The number of aromatic amines is 1. The number of carbonyl (C=O) groups excluding carboxylic acids is 1. The van der Waals surface area contributed by atoms with Crippen LogP contribution in [0.25, 0.3) is 0 Å². The van der Waals surface area contributed by atoms with E-state index in [2.05, 4.69) is 20.5 Å². The number of hydrogen-bond donors (Lipinski definition) is 2. The van der Waals surface area contributed by atoms with Crippen LogP contribution in [0.4, 0.5) is 0 Å². The molecule has 0 spiro atoms. The van der Waals surface area contributed by atoms with Crippen molar-refractivity contribution in [2.45, 2.75) is 13.3 Å². The monoisotopic (exact) mass is 230 g/mol. The van der Waals surface area contributed by atoms with Gasteiger partial charge in [0.1, 0.15) is 0 Å². The Kier molecular flexibility index (Phi) is 3.49. The average Bonchev–Trinajstić information content (AvgIpc) is 2.77. The Morgan fingerprint density at radius 1 is 1.47 bits per heavy atom. The van der Waals surface area contributed by atoms with Crippen molar-refractivity contribution < 1.29 is 4.79 Å². The molecular formula is C12H14N4O. The van der Waals surface area contributed by atoms with Crippen molar-refractivity contribution in [3.63, 3.8) is 0 Å². The van der Waals surface area contributed by atoms with Gasteiger partial charge in [0.15, 0.2) is 0 Å². The molecule has 0 aliphatic rings. The predicted molar refractivity (Wildman–Crippen MR) is 63.6 cm³/mol. The molecule has 0 saturated carbocycles. The molecule has 0 atom stereocenters. The van der Waals surface area contributed by atoms with E-state index in [-0.39, 0.29) is 5.91 Å². The first-order valence-electron chi connectivity index (χ1n) is 5.44. The summed E-state index contributed by atoms with van der Waals surface area (Å²) in [7, 11) is 0. The highest BCUT2D eigenvalue weighted by molar-refractivity contribution is 5.94. The molecular weight excluding hydrogens is 216 g/mol. The molecule has 2 rings (SSSR count). The van der Waals surface area contributed by atoms with Crippen molar-refractivity contribution in [2.75, 3.05) is 6.54 Å². The van der Waals surface area contributed by atoms with E-state index in [4.69, 9.17) is 0 Å². The smallest absolute Gasteiger partial charge is 0.254 e. The lowest BCUT2D eigenvalue weighted by Crippen LogP contribution is -2.25. The zero-order valence-corrected chi connectivity index (χ0v) is 9.60. The van der Waals surface area contributed by atoms with Crippen LogP contribution in [-0.4, -0.2) is 27.6 Å². The minimum atomic E-state index is -0.0971. The van der Waals surface area contributed by atoms with Crippen molar-refractivity contribution in [3.8, 4) is 0 Å². The zero-order valence-electron chi connectivity index (χ0n) is 9.60. The summed E-state index contributed by atoms with van der Waals surface area (Å²) in [6, 6.07) is 3.87. The second-order valence-electron chi connectivity index (χ2n) is 3.78. The lowest BCUT2D eigenvalue weighted by atomic mass is 10.2. The summed E-state index contributed by atoms with van der Waals surface area (Å²) in [5.41, 5.74) is 2.48. The van der Waals surface area contributed by atoms with Gasteiger partial charge >= 0.3 is 0 Å². The van der Waals surface area contributed by atoms with E-state index in [0.717, 1.165) is 17.7 Å². The summed E-state index contributed by atoms with van der Waals surface area (Å²) in [6.07, 6.45) is 5.84. The van der Waals surface area contributed by atoms with Crippen LogP contribution in [0, 0.1) is 6.92 Å². The van der Waals surface area contributed by atoms with Gasteiger partial charge in [-0.25, -0.2) is 0 Å². The fraction of sp³-hybridized carbons (Fsp3) is 0.250. The number of pyridine rings is 1. The van der Waals surface area contributed by atoms with Crippen molar-refractivity contribution in [1.29, 1.82) is 0 Å². The lowest BCUT2D eigenvalue weighted by Gasteiger charge is -2.04. The van der Waals surface area contributed by atoms with Crippen LogP contribution in [0.1, 0.15) is 21.6 Å². The number of rotatable bonds is 4. The molecule has 2 N–H and O–H groups in total. The molecule has 0 aliphatic heterocycles. The highest BCUT2D eigenvalue weighted by Gasteiger charge is 2.09. The number of aromatic nitrogens is 3. The fourth-order valence-corrected chi connectivity index (χ4v) is 1.54. The first-order valence-corrected chi connectivity index (χ1v) is 5.44. The van der Waals surface area contributed by atoms with Crippen LogP contribution in [-0.2, 0) is 6.42 Å². The topological polar surface area (TPSA) is 70.7 Å². The first kappa shape index (κ1) is 11.3. The standard InChI is InChI=1S/C12H14N4O/c1-9-11(8-15-16-9)12(17)14-6-4-10-3-2-5-13-7-10/h2-3,5,7-8H,4,6H2,1H3,(H,14,17)(H,15,16). The minimum Gasteiger partial charge on any atom is -0.352 e. The Hall–Kier alpha value is -2.17.